The first-order chi connectivity index (χ1) is 9.03. The van der Waals surface area contributed by atoms with E-state index in [1.807, 2.05) is 0 Å². The molecule has 0 saturated carbocycles. The Morgan fingerprint density at radius 2 is 1.75 bits per heavy atom. The van der Waals surface area contributed by atoms with Crippen LogP contribution < -0.4 is 5.32 Å². The number of urea groups is 1. The van der Waals surface area contributed by atoms with Gasteiger partial charge in [-0.05, 0) is 0 Å². The van der Waals surface area contributed by atoms with Crippen LogP contribution in [0.2, 0.25) is 0 Å². The normalized spacial score (nSPS) is 10.8. The number of carbonyl (C=O) groups excluding carboxylic acids is 2. The maximum absolute atomic E-state index is 12.2. The molecule has 0 atom stereocenters. The van der Waals surface area contributed by atoms with Crippen molar-refractivity contribution in [1.82, 2.24) is 15.1 Å². The van der Waals surface area contributed by atoms with Gasteiger partial charge in [0, 0.05) is 27.1 Å². The van der Waals surface area contributed by atoms with E-state index in [1.54, 1.807) is 0 Å². The van der Waals surface area contributed by atoms with Crippen molar-refractivity contribution in [1.29, 1.82) is 0 Å². The number of amides is 3. The summed E-state index contributed by atoms with van der Waals surface area (Å²) in [6.07, 6.45) is -4.79. The predicted octanol–water partition coefficient (Wildman–Crippen LogP) is 0.123. The summed E-state index contributed by atoms with van der Waals surface area (Å²) in [6, 6.07) is -1.18. The number of carboxylic acids is 1. The summed E-state index contributed by atoms with van der Waals surface area (Å²) in [7, 11) is 2.98. The molecular weight excluding hydrogens is 283 g/mol. The first-order valence-corrected chi connectivity index (χ1v) is 5.54. The summed E-state index contributed by atoms with van der Waals surface area (Å²) in [5, 5.41) is 10.5. The van der Waals surface area contributed by atoms with Gasteiger partial charge < -0.3 is 20.2 Å². The molecule has 0 bridgehead atoms. The van der Waals surface area contributed by atoms with E-state index in [9.17, 15) is 27.6 Å². The van der Waals surface area contributed by atoms with Gasteiger partial charge in [0.05, 0.1) is 0 Å². The van der Waals surface area contributed by atoms with Gasteiger partial charge in [-0.3, -0.25) is 9.59 Å². The molecule has 0 aromatic carbocycles. The Balaban J connectivity index is 4.41. The number of hydrogen-bond acceptors (Lipinski definition) is 3. The van der Waals surface area contributed by atoms with E-state index in [2.05, 4.69) is 5.32 Å². The van der Waals surface area contributed by atoms with Crippen LogP contribution in [0.1, 0.15) is 6.42 Å². The molecule has 0 heterocycles. The fourth-order valence-corrected chi connectivity index (χ4v) is 1.19. The summed E-state index contributed by atoms with van der Waals surface area (Å²) in [6.45, 7) is -2.93. The lowest BCUT2D eigenvalue weighted by molar-refractivity contribution is -0.149. The molecule has 2 N–H and O–H groups in total. The van der Waals surface area contributed by atoms with Gasteiger partial charge in [0.15, 0.2) is 0 Å². The molecule has 0 fully saturated rings. The van der Waals surface area contributed by atoms with Crippen LogP contribution in [-0.4, -0.2) is 72.7 Å². The summed E-state index contributed by atoms with van der Waals surface area (Å²) in [5.74, 6) is -1.88. The molecule has 0 aliphatic heterocycles. The third-order valence-electron chi connectivity index (χ3n) is 2.10. The third kappa shape index (κ3) is 8.16. The van der Waals surface area contributed by atoms with Crippen molar-refractivity contribution in [2.45, 2.75) is 12.6 Å². The van der Waals surface area contributed by atoms with E-state index in [0.717, 1.165) is 0 Å². The second kappa shape index (κ2) is 7.56. The van der Waals surface area contributed by atoms with E-state index in [1.165, 1.54) is 19.0 Å². The Morgan fingerprint density at radius 1 is 1.20 bits per heavy atom. The molecule has 0 aliphatic rings. The van der Waals surface area contributed by atoms with Crippen LogP contribution in [0.15, 0.2) is 0 Å². The highest BCUT2D eigenvalue weighted by molar-refractivity contribution is 5.81. The second-order valence-corrected chi connectivity index (χ2v) is 4.14. The first kappa shape index (κ1) is 18.0. The van der Waals surface area contributed by atoms with Gasteiger partial charge in [0.2, 0.25) is 5.91 Å². The molecule has 0 spiro atoms. The molecule has 116 valence electrons. The SMILES string of the molecule is CN(C)C(=O)CCNC(=O)N(CC(=O)O)CC(F)(F)F. The monoisotopic (exact) mass is 299 g/mol. The first-order valence-electron chi connectivity index (χ1n) is 5.54. The molecule has 3 amide bonds. The zero-order valence-corrected chi connectivity index (χ0v) is 11.0. The Bertz CT molecular complexity index is 371. The van der Waals surface area contributed by atoms with E-state index < -0.39 is 31.3 Å². The number of aliphatic carboxylic acids is 1. The summed E-state index contributed by atoms with van der Waals surface area (Å²) < 4.78 is 36.6. The van der Waals surface area contributed by atoms with Gasteiger partial charge in [-0.2, -0.15) is 13.2 Å². The van der Waals surface area contributed by atoms with Crippen LogP contribution in [0.3, 0.4) is 0 Å². The van der Waals surface area contributed by atoms with Gasteiger partial charge in [0.25, 0.3) is 0 Å². The maximum Gasteiger partial charge on any atom is 0.406 e. The van der Waals surface area contributed by atoms with E-state index in [-0.39, 0.29) is 23.8 Å². The molecule has 0 aromatic rings. The minimum atomic E-state index is -4.70. The highest BCUT2D eigenvalue weighted by atomic mass is 19.4. The van der Waals surface area contributed by atoms with Crippen molar-refractivity contribution in [3.8, 4) is 0 Å². The van der Waals surface area contributed by atoms with Crippen molar-refractivity contribution in [3.63, 3.8) is 0 Å². The minimum Gasteiger partial charge on any atom is -0.480 e. The summed E-state index contributed by atoms with van der Waals surface area (Å²) >= 11 is 0. The highest BCUT2D eigenvalue weighted by Crippen LogP contribution is 2.16. The van der Waals surface area contributed by atoms with Gasteiger partial charge in [-0.1, -0.05) is 0 Å². The molecule has 0 rings (SSSR count). The van der Waals surface area contributed by atoms with Gasteiger partial charge in [-0.15, -0.1) is 0 Å². The fourth-order valence-electron chi connectivity index (χ4n) is 1.19. The van der Waals surface area contributed by atoms with Crippen molar-refractivity contribution >= 4 is 17.9 Å². The highest BCUT2D eigenvalue weighted by Gasteiger charge is 2.33. The molecule has 0 radical (unpaired) electrons. The van der Waals surface area contributed by atoms with Crippen LogP contribution >= 0.6 is 0 Å². The molecule has 0 saturated heterocycles. The largest absolute Gasteiger partial charge is 0.480 e. The average molecular weight is 299 g/mol. The maximum atomic E-state index is 12.2. The van der Waals surface area contributed by atoms with Crippen LogP contribution in [-0.2, 0) is 9.59 Å². The van der Waals surface area contributed by atoms with Crippen molar-refractivity contribution in [3.05, 3.63) is 0 Å². The summed E-state index contributed by atoms with van der Waals surface area (Å²) in [5.41, 5.74) is 0. The molecule has 0 unspecified atom stereocenters. The van der Waals surface area contributed by atoms with Crippen LogP contribution in [0.5, 0.6) is 0 Å². The number of nitrogens with zero attached hydrogens (tertiary/aromatic N) is 2. The van der Waals surface area contributed by atoms with Crippen molar-refractivity contribution < 1.29 is 32.7 Å². The number of carboxylic acid groups (broad SMARTS) is 1. The van der Waals surface area contributed by atoms with E-state index in [0.29, 0.717) is 0 Å². The van der Waals surface area contributed by atoms with Crippen molar-refractivity contribution in [2.75, 3.05) is 33.7 Å². The van der Waals surface area contributed by atoms with Gasteiger partial charge in [0.1, 0.15) is 13.1 Å². The van der Waals surface area contributed by atoms with Crippen molar-refractivity contribution in [2.24, 2.45) is 0 Å². The van der Waals surface area contributed by atoms with Crippen LogP contribution in [0.25, 0.3) is 0 Å². The van der Waals surface area contributed by atoms with Crippen LogP contribution in [0, 0.1) is 0 Å². The predicted molar refractivity (Wildman–Crippen MR) is 62.0 cm³/mol. The van der Waals surface area contributed by atoms with E-state index >= 15 is 0 Å². The number of hydrogen-bond donors (Lipinski definition) is 2. The van der Waals surface area contributed by atoms with E-state index in [4.69, 9.17) is 5.11 Å². The summed E-state index contributed by atoms with van der Waals surface area (Å²) in [4.78, 5) is 34.4. The Hall–Kier alpha value is -2.00. The second-order valence-electron chi connectivity index (χ2n) is 4.14. The molecule has 10 heteroatoms. The molecule has 0 aromatic heterocycles. The smallest absolute Gasteiger partial charge is 0.406 e. The quantitative estimate of drug-likeness (QED) is 0.729. The third-order valence-corrected chi connectivity index (χ3v) is 2.10. The lowest BCUT2D eigenvalue weighted by atomic mass is 10.4. The Labute approximate surface area is 113 Å². The molecule has 20 heavy (non-hydrogen) atoms. The lowest BCUT2D eigenvalue weighted by Gasteiger charge is -2.22. The zero-order valence-electron chi connectivity index (χ0n) is 11.0. The number of carbonyl (C=O) groups is 3. The van der Waals surface area contributed by atoms with Crippen LogP contribution in [0.4, 0.5) is 18.0 Å². The lowest BCUT2D eigenvalue weighted by Crippen LogP contribution is -2.47. The number of alkyl halides is 3. The number of nitrogens with one attached hydrogen (secondary N) is 1. The Morgan fingerprint density at radius 3 is 2.15 bits per heavy atom. The topological polar surface area (TPSA) is 90.0 Å². The van der Waals surface area contributed by atoms with Gasteiger partial charge in [-0.25, -0.2) is 4.79 Å². The number of rotatable bonds is 6. The molecular formula is C10H16F3N3O4. The minimum absolute atomic E-state index is 0.0916. The zero-order chi connectivity index (χ0) is 15.9. The molecule has 0 aliphatic carbocycles. The number of halogens is 3. The fraction of sp³-hybridized carbons (Fsp3) is 0.700. The standard InChI is InChI=1S/C10H16F3N3O4/c1-15(2)7(17)3-4-14-9(20)16(5-8(18)19)6-10(11,12)13/h3-6H2,1-2H3,(H,14,20)(H,18,19). The average Bonchev–Trinajstić information content (AvgIpc) is 2.24. The Kier molecular flexibility index (Phi) is 6.80. The van der Waals surface area contributed by atoms with Gasteiger partial charge >= 0.3 is 18.2 Å². The molecule has 7 nitrogen and oxygen atoms in total.